The van der Waals surface area contributed by atoms with Crippen LogP contribution in [-0.2, 0) is 4.79 Å². The SMILES string of the molecule is CCCCC1CCC(C(=O)NCCCC(N)=S)CC1. The molecule has 0 aliphatic heterocycles. The molecular weight excluding hydrogens is 256 g/mol. The monoisotopic (exact) mass is 284 g/mol. The summed E-state index contributed by atoms with van der Waals surface area (Å²) in [5, 5.41) is 3.01. The minimum Gasteiger partial charge on any atom is -0.393 e. The lowest BCUT2D eigenvalue weighted by molar-refractivity contribution is -0.126. The summed E-state index contributed by atoms with van der Waals surface area (Å²) < 4.78 is 0. The molecule has 1 aliphatic rings. The number of amides is 1. The highest BCUT2D eigenvalue weighted by molar-refractivity contribution is 7.80. The van der Waals surface area contributed by atoms with Gasteiger partial charge in [0.2, 0.25) is 5.91 Å². The Labute approximate surface area is 122 Å². The molecule has 1 rings (SSSR count). The third-order valence-corrected chi connectivity index (χ3v) is 4.29. The molecule has 1 fully saturated rings. The van der Waals surface area contributed by atoms with Gasteiger partial charge in [0.15, 0.2) is 0 Å². The molecule has 0 aromatic rings. The van der Waals surface area contributed by atoms with E-state index < -0.39 is 0 Å². The van der Waals surface area contributed by atoms with Crippen molar-refractivity contribution in [1.82, 2.24) is 5.32 Å². The summed E-state index contributed by atoms with van der Waals surface area (Å²) in [6.45, 7) is 2.94. The van der Waals surface area contributed by atoms with Crippen LogP contribution >= 0.6 is 12.2 Å². The number of hydrogen-bond donors (Lipinski definition) is 2. The lowest BCUT2D eigenvalue weighted by Gasteiger charge is -2.27. The number of nitrogens with two attached hydrogens (primary N) is 1. The molecule has 110 valence electrons. The summed E-state index contributed by atoms with van der Waals surface area (Å²) in [7, 11) is 0. The van der Waals surface area contributed by atoms with E-state index >= 15 is 0 Å². The molecule has 0 spiro atoms. The zero-order chi connectivity index (χ0) is 14.1. The highest BCUT2D eigenvalue weighted by atomic mass is 32.1. The van der Waals surface area contributed by atoms with E-state index in [1.165, 1.54) is 32.1 Å². The van der Waals surface area contributed by atoms with Crippen molar-refractivity contribution in [3.8, 4) is 0 Å². The van der Waals surface area contributed by atoms with Crippen molar-refractivity contribution >= 4 is 23.1 Å². The van der Waals surface area contributed by atoms with Crippen LogP contribution in [0.2, 0.25) is 0 Å². The van der Waals surface area contributed by atoms with Crippen LogP contribution in [0.1, 0.15) is 64.7 Å². The Kier molecular flexibility index (Phi) is 8.03. The molecule has 0 unspecified atom stereocenters. The Balaban J connectivity index is 2.12. The maximum absolute atomic E-state index is 12.0. The number of rotatable bonds is 8. The summed E-state index contributed by atoms with van der Waals surface area (Å²) in [4.78, 5) is 12.5. The Hall–Kier alpha value is -0.640. The molecule has 0 aromatic heterocycles. The zero-order valence-corrected chi connectivity index (χ0v) is 12.9. The van der Waals surface area contributed by atoms with Gasteiger partial charge in [-0.2, -0.15) is 0 Å². The predicted octanol–water partition coefficient (Wildman–Crippen LogP) is 3.17. The van der Waals surface area contributed by atoms with E-state index in [9.17, 15) is 4.79 Å². The van der Waals surface area contributed by atoms with Crippen molar-refractivity contribution < 1.29 is 4.79 Å². The number of carbonyl (C=O) groups is 1. The Morgan fingerprint density at radius 3 is 2.53 bits per heavy atom. The van der Waals surface area contributed by atoms with Gasteiger partial charge < -0.3 is 11.1 Å². The molecule has 1 saturated carbocycles. The van der Waals surface area contributed by atoms with Gasteiger partial charge in [0.25, 0.3) is 0 Å². The predicted molar refractivity (Wildman–Crippen MR) is 84.0 cm³/mol. The summed E-state index contributed by atoms with van der Waals surface area (Å²) in [5.74, 6) is 1.33. The largest absolute Gasteiger partial charge is 0.393 e. The van der Waals surface area contributed by atoms with Crippen molar-refractivity contribution in [3.05, 3.63) is 0 Å². The van der Waals surface area contributed by atoms with Gasteiger partial charge in [-0.3, -0.25) is 4.79 Å². The number of hydrogen-bond acceptors (Lipinski definition) is 2. The van der Waals surface area contributed by atoms with Crippen LogP contribution in [0.5, 0.6) is 0 Å². The third-order valence-electron chi connectivity index (χ3n) is 4.08. The number of thiocarbonyl (C=S) groups is 1. The first kappa shape index (κ1) is 16.4. The minimum atomic E-state index is 0.233. The maximum atomic E-state index is 12.0. The lowest BCUT2D eigenvalue weighted by Crippen LogP contribution is -2.34. The van der Waals surface area contributed by atoms with Crippen LogP contribution in [0.4, 0.5) is 0 Å². The van der Waals surface area contributed by atoms with Crippen molar-refractivity contribution in [1.29, 1.82) is 0 Å². The van der Waals surface area contributed by atoms with Gasteiger partial charge >= 0.3 is 0 Å². The fraction of sp³-hybridized carbons (Fsp3) is 0.867. The zero-order valence-electron chi connectivity index (χ0n) is 12.1. The van der Waals surface area contributed by atoms with Gasteiger partial charge in [0, 0.05) is 12.5 Å². The summed E-state index contributed by atoms with van der Waals surface area (Å²) in [6, 6.07) is 0. The molecular formula is C15H28N2OS. The van der Waals surface area contributed by atoms with Gasteiger partial charge in [0.05, 0.1) is 4.99 Å². The first-order valence-electron chi connectivity index (χ1n) is 7.69. The summed E-state index contributed by atoms with van der Waals surface area (Å²) >= 11 is 4.81. The Morgan fingerprint density at radius 1 is 1.26 bits per heavy atom. The van der Waals surface area contributed by atoms with E-state index in [2.05, 4.69) is 12.2 Å². The Bertz CT molecular complexity index is 286. The van der Waals surface area contributed by atoms with Gasteiger partial charge in [-0.05, 0) is 44.4 Å². The normalized spacial score (nSPS) is 23.0. The lowest BCUT2D eigenvalue weighted by atomic mass is 9.79. The van der Waals surface area contributed by atoms with Crippen molar-refractivity contribution in [2.45, 2.75) is 64.7 Å². The molecule has 4 heteroatoms. The standard InChI is InChI=1S/C15H28N2OS/c1-2-3-5-12-7-9-13(10-8-12)15(18)17-11-4-6-14(16)19/h12-13H,2-11H2,1H3,(H2,16,19)(H,17,18). The van der Waals surface area contributed by atoms with Crippen molar-refractivity contribution in [2.75, 3.05) is 6.54 Å². The fourth-order valence-electron chi connectivity index (χ4n) is 2.82. The molecule has 0 aromatic carbocycles. The van der Waals surface area contributed by atoms with Crippen LogP contribution in [0.15, 0.2) is 0 Å². The first-order valence-corrected chi connectivity index (χ1v) is 8.10. The van der Waals surface area contributed by atoms with Crippen LogP contribution in [0.25, 0.3) is 0 Å². The van der Waals surface area contributed by atoms with E-state index in [-0.39, 0.29) is 11.8 Å². The number of nitrogens with one attached hydrogen (secondary N) is 1. The summed E-state index contributed by atoms with van der Waals surface area (Å²) in [5.41, 5.74) is 5.43. The molecule has 19 heavy (non-hydrogen) atoms. The summed E-state index contributed by atoms with van der Waals surface area (Å²) in [6.07, 6.45) is 10.1. The van der Waals surface area contributed by atoms with E-state index in [4.69, 9.17) is 18.0 Å². The molecule has 0 atom stereocenters. The van der Waals surface area contributed by atoms with Gasteiger partial charge in [-0.1, -0.05) is 38.4 Å². The quantitative estimate of drug-likeness (QED) is 0.532. The molecule has 0 saturated heterocycles. The second-order valence-electron chi connectivity index (χ2n) is 5.72. The molecule has 1 aliphatic carbocycles. The topological polar surface area (TPSA) is 55.1 Å². The second-order valence-corrected chi connectivity index (χ2v) is 6.25. The minimum absolute atomic E-state index is 0.233. The number of unbranched alkanes of at least 4 members (excludes halogenated alkanes) is 1. The highest BCUT2D eigenvalue weighted by Crippen LogP contribution is 2.31. The molecule has 3 nitrogen and oxygen atoms in total. The van der Waals surface area contributed by atoms with Crippen LogP contribution in [0, 0.1) is 11.8 Å². The van der Waals surface area contributed by atoms with Gasteiger partial charge in [-0.25, -0.2) is 0 Å². The fourth-order valence-corrected chi connectivity index (χ4v) is 2.97. The highest BCUT2D eigenvalue weighted by Gasteiger charge is 2.25. The molecule has 1 amide bonds. The van der Waals surface area contributed by atoms with Gasteiger partial charge in [0.1, 0.15) is 0 Å². The smallest absolute Gasteiger partial charge is 0.223 e. The number of carbonyl (C=O) groups excluding carboxylic acids is 1. The molecule has 0 radical (unpaired) electrons. The van der Waals surface area contributed by atoms with Crippen LogP contribution in [-0.4, -0.2) is 17.4 Å². The molecule has 3 N–H and O–H groups in total. The van der Waals surface area contributed by atoms with E-state index in [0.29, 0.717) is 11.5 Å². The van der Waals surface area contributed by atoms with Crippen molar-refractivity contribution in [3.63, 3.8) is 0 Å². The third kappa shape index (κ3) is 6.90. The Morgan fingerprint density at radius 2 is 1.95 bits per heavy atom. The average Bonchev–Trinajstić information content (AvgIpc) is 2.41. The van der Waals surface area contributed by atoms with Gasteiger partial charge in [-0.15, -0.1) is 0 Å². The van der Waals surface area contributed by atoms with Crippen LogP contribution in [0.3, 0.4) is 0 Å². The average molecular weight is 284 g/mol. The van der Waals surface area contributed by atoms with E-state index in [1.54, 1.807) is 0 Å². The van der Waals surface area contributed by atoms with E-state index in [0.717, 1.165) is 31.6 Å². The second kappa shape index (κ2) is 9.29. The maximum Gasteiger partial charge on any atom is 0.223 e. The molecule has 0 bridgehead atoms. The van der Waals surface area contributed by atoms with Crippen LogP contribution < -0.4 is 11.1 Å². The van der Waals surface area contributed by atoms with Crippen molar-refractivity contribution in [2.24, 2.45) is 17.6 Å². The van der Waals surface area contributed by atoms with E-state index in [1.807, 2.05) is 0 Å². The molecule has 0 heterocycles. The first-order chi connectivity index (χ1) is 9.13.